The number of hydrogen-bond acceptors (Lipinski definition) is 8. The molecule has 0 atom stereocenters. The molecule has 1 amide bonds. The Labute approximate surface area is 146 Å². The smallest absolute Gasteiger partial charge is 0.266 e. The maximum atomic E-state index is 12.5. The lowest BCUT2D eigenvalue weighted by atomic mass is 10.1. The van der Waals surface area contributed by atoms with Crippen LogP contribution in [0.1, 0.15) is 11.3 Å². The Bertz CT molecular complexity index is 846. The van der Waals surface area contributed by atoms with Crippen LogP contribution in [0.25, 0.3) is 6.08 Å². The van der Waals surface area contributed by atoms with Gasteiger partial charge in [-0.15, -0.1) is 0 Å². The van der Waals surface area contributed by atoms with Crippen molar-refractivity contribution < 1.29 is 24.3 Å². The summed E-state index contributed by atoms with van der Waals surface area (Å²) in [5, 5.41) is 22.7. The lowest BCUT2D eigenvalue weighted by molar-refractivity contribution is -0.122. The molecule has 0 aliphatic carbocycles. The van der Waals surface area contributed by atoms with E-state index in [-0.39, 0.29) is 24.1 Å². The fourth-order valence-electron chi connectivity index (χ4n) is 2.13. The van der Waals surface area contributed by atoms with Gasteiger partial charge in [0.2, 0.25) is 0 Å². The van der Waals surface area contributed by atoms with Gasteiger partial charge < -0.3 is 19.5 Å². The summed E-state index contributed by atoms with van der Waals surface area (Å²) in [4.78, 5) is 14.2. The monoisotopic (exact) mass is 364 g/mol. The van der Waals surface area contributed by atoms with Crippen molar-refractivity contribution in [2.45, 2.75) is 6.54 Å². The lowest BCUT2D eigenvalue weighted by Crippen LogP contribution is -2.27. The molecule has 2 N–H and O–H groups in total. The highest BCUT2D eigenvalue weighted by Gasteiger charge is 2.33. The molecule has 3 rings (SSSR count). The van der Waals surface area contributed by atoms with E-state index in [4.69, 9.17) is 21.5 Å². The zero-order valence-electron chi connectivity index (χ0n) is 12.4. The predicted molar refractivity (Wildman–Crippen MR) is 91.5 cm³/mol. The zero-order chi connectivity index (χ0) is 17.3. The standard InChI is InChI=1S/C15H12N2O5S2/c1-21-10-4-2-3-8(13(10)19)5-11-14(20)17(15(23)24-11)7-9-6-12(18)16-22-9/h2-6,19H,7H2,1H3,(H,16,18)/b11-5-. The van der Waals surface area contributed by atoms with Gasteiger partial charge >= 0.3 is 0 Å². The van der Waals surface area contributed by atoms with Crippen LogP contribution in [0.4, 0.5) is 0 Å². The molecule has 0 bridgehead atoms. The number of carbonyl (C=O) groups excluding carboxylic acids is 1. The molecular weight excluding hydrogens is 352 g/mol. The number of ether oxygens (including phenoxy) is 1. The molecule has 1 aliphatic rings. The van der Waals surface area contributed by atoms with Crippen LogP contribution in [-0.4, -0.2) is 37.6 Å². The summed E-state index contributed by atoms with van der Waals surface area (Å²) in [7, 11) is 1.45. The molecule has 0 saturated carbocycles. The highest BCUT2D eigenvalue weighted by atomic mass is 32.2. The van der Waals surface area contributed by atoms with E-state index in [0.29, 0.717) is 26.3 Å². The van der Waals surface area contributed by atoms with Gasteiger partial charge in [-0.05, 0) is 17.3 Å². The van der Waals surface area contributed by atoms with Crippen LogP contribution in [0.15, 0.2) is 33.7 Å². The Morgan fingerprint density at radius 2 is 2.25 bits per heavy atom. The summed E-state index contributed by atoms with van der Waals surface area (Å²) in [6.07, 6.45) is 1.55. The van der Waals surface area contributed by atoms with E-state index in [1.165, 1.54) is 18.1 Å². The second-order valence-electron chi connectivity index (χ2n) is 4.82. The number of nitrogens with zero attached hydrogens (tertiary/aromatic N) is 2. The Morgan fingerprint density at radius 1 is 1.46 bits per heavy atom. The van der Waals surface area contributed by atoms with E-state index in [0.717, 1.165) is 11.8 Å². The molecule has 2 aromatic rings. The highest BCUT2D eigenvalue weighted by Crippen LogP contribution is 2.37. The van der Waals surface area contributed by atoms with Crippen molar-refractivity contribution in [1.29, 1.82) is 0 Å². The fraction of sp³-hybridized carbons (Fsp3) is 0.133. The highest BCUT2D eigenvalue weighted by molar-refractivity contribution is 8.26. The summed E-state index contributed by atoms with van der Waals surface area (Å²) < 4.78 is 10.3. The molecule has 0 unspecified atom stereocenters. The van der Waals surface area contributed by atoms with Crippen molar-refractivity contribution in [3.63, 3.8) is 0 Å². The topological polar surface area (TPSA) is 96.0 Å². The molecule has 1 aromatic carbocycles. The largest absolute Gasteiger partial charge is 0.504 e. The average molecular weight is 364 g/mol. The van der Waals surface area contributed by atoms with E-state index in [1.54, 1.807) is 24.3 Å². The van der Waals surface area contributed by atoms with E-state index >= 15 is 0 Å². The van der Waals surface area contributed by atoms with E-state index in [2.05, 4.69) is 5.16 Å². The molecule has 24 heavy (non-hydrogen) atoms. The van der Waals surface area contributed by atoms with Crippen LogP contribution in [-0.2, 0) is 11.3 Å². The quantitative estimate of drug-likeness (QED) is 0.631. The van der Waals surface area contributed by atoms with Crippen LogP contribution >= 0.6 is 24.0 Å². The van der Waals surface area contributed by atoms with Crippen molar-refractivity contribution in [3.8, 4) is 17.4 Å². The third-order valence-corrected chi connectivity index (χ3v) is 4.65. The number of aromatic hydroxyl groups is 2. The molecule has 0 radical (unpaired) electrons. The van der Waals surface area contributed by atoms with Gasteiger partial charge in [0.25, 0.3) is 11.8 Å². The third-order valence-electron chi connectivity index (χ3n) is 3.27. The zero-order valence-corrected chi connectivity index (χ0v) is 14.1. The molecular formula is C15H12N2O5S2. The number of aromatic nitrogens is 1. The van der Waals surface area contributed by atoms with Gasteiger partial charge in [-0.2, -0.15) is 0 Å². The minimum absolute atomic E-state index is 0.0505. The summed E-state index contributed by atoms with van der Waals surface area (Å²) in [5.74, 6) is 0.00598. The second kappa shape index (κ2) is 6.54. The van der Waals surface area contributed by atoms with Crippen molar-refractivity contribution >= 4 is 40.3 Å². The number of hydrogen-bond donors (Lipinski definition) is 2. The number of thiocarbonyl (C=S) groups is 1. The van der Waals surface area contributed by atoms with Gasteiger partial charge in [0.15, 0.2) is 17.3 Å². The number of methoxy groups -OCH3 is 1. The molecule has 1 fully saturated rings. The Hall–Kier alpha value is -2.52. The molecule has 124 valence electrons. The van der Waals surface area contributed by atoms with Crippen LogP contribution in [0.3, 0.4) is 0 Å². The first kappa shape index (κ1) is 16.3. The molecule has 7 nitrogen and oxygen atoms in total. The van der Waals surface area contributed by atoms with Crippen molar-refractivity contribution in [2.75, 3.05) is 7.11 Å². The molecule has 1 aliphatic heterocycles. The normalized spacial score (nSPS) is 16.2. The minimum Gasteiger partial charge on any atom is -0.504 e. The number of phenolic OH excluding ortho intramolecular Hbond substituents is 1. The predicted octanol–water partition coefficient (Wildman–Crippen LogP) is 2.50. The third kappa shape index (κ3) is 3.08. The van der Waals surface area contributed by atoms with Crippen molar-refractivity contribution in [3.05, 3.63) is 40.5 Å². The maximum absolute atomic E-state index is 12.5. The van der Waals surface area contributed by atoms with Gasteiger partial charge in [0.05, 0.1) is 18.6 Å². The summed E-state index contributed by atoms with van der Waals surface area (Å²) >= 11 is 6.33. The minimum atomic E-state index is -0.317. The summed E-state index contributed by atoms with van der Waals surface area (Å²) in [6, 6.07) is 6.31. The molecule has 0 spiro atoms. The maximum Gasteiger partial charge on any atom is 0.266 e. The molecule has 2 heterocycles. The summed E-state index contributed by atoms with van der Waals surface area (Å²) in [5.41, 5.74) is 0.451. The first-order chi connectivity index (χ1) is 11.5. The summed E-state index contributed by atoms with van der Waals surface area (Å²) in [6.45, 7) is 0.0691. The van der Waals surface area contributed by atoms with Crippen LogP contribution < -0.4 is 4.74 Å². The average Bonchev–Trinajstić information content (AvgIpc) is 3.08. The number of para-hydroxylation sites is 1. The Balaban J connectivity index is 1.86. The van der Waals surface area contributed by atoms with Crippen molar-refractivity contribution in [2.24, 2.45) is 0 Å². The van der Waals surface area contributed by atoms with Gasteiger partial charge in [-0.3, -0.25) is 9.69 Å². The Kier molecular flexibility index (Phi) is 4.45. The molecule has 9 heteroatoms. The number of amides is 1. The van der Waals surface area contributed by atoms with E-state index < -0.39 is 0 Å². The van der Waals surface area contributed by atoms with Crippen LogP contribution in [0, 0.1) is 0 Å². The van der Waals surface area contributed by atoms with E-state index in [9.17, 15) is 15.0 Å². The second-order valence-corrected chi connectivity index (χ2v) is 6.49. The van der Waals surface area contributed by atoms with E-state index in [1.807, 2.05) is 0 Å². The molecule has 1 saturated heterocycles. The number of phenols is 1. The SMILES string of the molecule is COc1cccc(/C=C2\SC(=S)N(Cc3cc(O)no3)C2=O)c1O. The first-order valence-corrected chi connectivity index (χ1v) is 7.98. The van der Waals surface area contributed by atoms with Gasteiger partial charge in [-0.25, -0.2) is 0 Å². The van der Waals surface area contributed by atoms with Gasteiger partial charge in [0.1, 0.15) is 4.32 Å². The van der Waals surface area contributed by atoms with Gasteiger partial charge in [0, 0.05) is 11.6 Å². The Morgan fingerprint density at radius 3 is 2.92 bits per heavy atom. The number of benzene rings is 1. The van der Waals surface area contributed by atoms with Crippen LogP contribution in [0.5, 0.6) is 17.4 Å². The number of thioether (sulfide) groups is 1. The van der Waals surface area contributed by atoms with Crippen molar-refractivity contribution in [1.82, 2.24) is 10.1 Å². The first-order valence-electron chi connectivity index (χ1n) is 6.75. The van der Waals surface area contributed by atoms with Crippen LogP contribution in [0.2, 0.25) is 0 Å². The fourth-order valence-corrected chi connectivity index (χ4v) is 3.38. The number of rotatable bonds is 4. The van der Waals surface area contributed by atoms with Gasteiger partial charge in [-0.1, -0.05) is 36.1 Å². The number of carbonyl (C=O) groups is 1. The molecule has 1 aromatic heterocycles. The lowest BCUT2D eigenvalue weighted by Gasteiger charge is -2.11.